The van der Waals surface area contributed by atoms with Gasteiger partial charge in [-0.25, -0.2) is 0 Å². The molecule has 0 aliphatic heterocycles. The molecule has 0 saturated carbocycles. The number of ketones is 1. The highest BCUT2D eigenvalue weighted by Gasteiger charge is 2.12. The average molecular weight is 380 g/mol. The van der Waals surface area contributed by atoms with Crippen LogP contribution in [0.2, 0.25) is 5.02 Å². The average Bonchev–Trinajstić information content (AvgIpc) is 2.64. The molecule has 26 heavy (non-hydrogen) atoms. The Morgan fingerprint density at radius 1 is 1.12 bits per heavy atom. The summed E-state index contributed by atoms with van der Waals surface area (Å²) in [6, 6.07) is 10.1. The van der Waals surface area contributed by atoms with Crippen molar-refractivity contribution in [2.75, 3.05) is 32.7 Å². The third kappa shape index (κ3) is 5.28. The highest BCUT2D eigenvalue weighted by Crippen LogP contribution is 2.29. The van der Waals surface area contributed by atoms with Crippen molar-refractivity contribution in [2.24, 2.45) is 0 Å². The van der Waals surface area contributed by atoms with Crippen LogP contribution >= 0.6 is 11.6 Å². The fourth-order valence-corrected chi connectivity index (χ4v) is 2.47. The Kier molecular flexibility index (Phi) is 7.12. The SMILES string of the molecule is COc1ccc(Cl)cc1NC[C@H](O)COc1ccc(C(C)=O)cc1OC. The van der Waals surface area contributed by atoms with Gasteiger partial charge in [-0.3, -0.25) is 4.79 Å². The Morgan fingerprint density at radius 3 is 2.46 bits per heavy atom. The molecule has 1 atom stereocenters. The zero-order chi connectivity index (χ0) is 19.1. The van der Waals surface area contributed by atoms with E-state index < -0.39 is 6.10 Å². The van der Waals surface area contributed by atoms with Gasteiger partial charge in [-0.2, -0.15) is 0 Å². The first-order valence-corrected chi connectivity index (χ1v) is 8.39. The number of nitrogens with one attached hydrogen (secondary N) is 1. The van der Waals surface area contributed by atoms with Gasteiger partial charge in [0.05, 0.1) is 19.9 Å². The fourth-order valence-electron chi connectivity index (χ4n) is 2.30. The van der Waals surface area contributed by atoms with Crippen LogP contribution in [0.4, 0.5) is 5.69 Å². The quantitative estimate of drug-likeness (QED) is 0.650. The number of halogens is 1. The molecule has 0 unspecified atom stereocenters. The molecule has 2 aromatic carbocycles. The summed E-state index contributed by atoms with van der Waals surface area (Å²) in [7, 11) is 3.06. The molecule has 2 N–H and O–H groups in total. The Bertz CT molecular complexity index is 766. The molecule has 7 heteroatoms. The lowest BCUT2D eigenvalue weighted by Gasteiger charge is -2.17. The van der Waals surface area contributed by atoms with Crippen LogP contribution < -0.4 is 19.5 Å². The van der Waals surface area contributed by atoms with Crippen LogP contribution in [0.1, 0.15) is 17.3 Å². The summed E-state index contributed by atoms with van der Waals surface area (Å²) in [6.07, 6.45) is -0.782. The first-order chi connectivity index (χ1) is 12.4. The number of aliphatic hydroxyl groups is 1. The number of rotatable bonds is 9. The van der Waals surface area contributed by atoms with Crippen LogP contribution in [0.25, 0.3) is 0 Å². The van der Waals surface area contributed by atoms with Crippen LogP contribution in [0.15, 0.2) is 36.4 Å². The lowest BCUT2D eigenvalue weighted by atomic mass is 10.1. The molecule has 0 aliphatic carbocycles. The number of ether oxygens (including phenoxy) is 3. The third-order valence-electron chi connectivity index (χ3n) is 3.69. The second kappa shape index (κ2) is 9.31. The first-order valence-electron chi connectivity index (χ1n) is 8.01. The van der Waals surface area contributed by atoms with E-state index in [1.54, 1.807) is 43.5 Å². The van der Waals surface area contributed by atoms with Gasteiger partial charge in [-0.1, -0.05) is 11.6 Å². The van der Waals surface area contributed by atoms with Crippen molar-refractivity contribution >= 4 is 23.1 Å². The number of hydrogen-bond acceptors (Lipinski definition) is 6. The Labute approximate surface area is 157 Å². The lowest BCUT2D eigenvalue weighted by molar-refractivity contribution is 0.101. The van der Waals surface area contributed by atoms with E-state index in [4.69, 9.17) is 25.8 Å². The summed E-state index contributed by atoms with van der Waals surface area (Å²) in [5, 5.41) is 13.8. The molecule has 0 fully saturated rings. The van der Waals surface area contributed by atoms with Crippen molar-refractivity contribution in [2.45, 2.75) is 13.0 Å². The van der Waals surface area contributed by atoms with E-state index in [9.17, 15) is 9.90 Å². The molecule has 6 nitrogen and oxygen atoms in total. The highest BCUT2D eigenvalue weighted by atomic mass is 35.5. The molecule has 0 aromatic heterocycles. The van der Waals surface area contributed by atoms with Crippen LogP contribution in [-0.2, 0) is 0 Å². The molecule has 0 aliphatic rings. The molecule has 0 amide bonds. The molecule has 0 radical (unpaired) electrons. The lowest BCUT2D eigenvalue weighted by Crippen LogP contribution is -2.26. The minimum absolute atomic E-state index is 0.0473. The Balaban J connectivity index is 1.94. The van der Waals surface area contributed by atoms with E-state index in [1.807, 2.05) is 0 Å². The minimum atomic E-state index is -0.782. The van der Waals surface area contributed by atoms with Gasteiger partial charge in [0.15, 0.2) is 17.3 Å². The van der Waals surface area contributed by atoms with Gasteiger partial charge in [0.1, 0.15) is 18.5 Å². The van der Waals surface area contributed by atoms with Gasteiger partial charge < -0.3 is 24.6 Å². The van der Waals surface area contributed by atoms with Crippen LogP contribution in [0.3, 0.4) is 0 Å². The van der Waals surface area contributed by atoms with E-state index in [0.29, 0.717) is 33.5 Å². The van der Waals surface area contributed by atoms with Crippen LogP contribution in [-0.4, -0.2) is 44.4 Å². The van der Waals surface area contributed by atoms with Crippen molar-refractivity contribution in [1.29, 1.82) is 0 Å². The predicted molar refractivity (Wildman–Crippen MR) is 101 cm³/mol. The van der Waals surface area contributed by atoms with Gasteiger partial charge in [0, 0.05) is 17.1 Å². The molecule has 2 rings (SSSR count). The molecule has 2 aromatic rings. The normalized spacial score (nSPS) is 11.6. The molecule has 0 spiro atoms. The molecule has 0 bridgehead atoms. The van der Waals surface area contributed by atoms with Gasteiger partial charge in [-0.15, -0.1) is 0 Å². The number of carbonyl (C=O) groups is 1. The monoisotopic (exact) mass is 379 g/mol. The smallest absolute Gasteiger partial charge is 0.161 e. The van der Waals surface area contributed by atoms with Gasteiger partial charge >= 0.3 is 0 Å². The molecular weight excluding hydrogens is 358 g/mol. The first kappa shape index (κ1) is 19.9. The molecule has 0 heterocycles. The van der Waals surface area contributed by atoms with Crippen LogP contribution in [0, 0.1) is 0 Å². The minimum Gasteiger partial charge on any atom is -0.495 e. The van der Waals surface area contributed by atoms with Crippen molar-refractivity contribution in [1.82, 2.24) is 0 Å². The van der Waals surface area contributed by atoms with E-state index in [2.05, 4.69) is 5.32 Å². The second-order valence-electron chi connectivity index (χ2n) is 5.61. The zero-order valence-corrected chi connectivity index (χ0v) is 15.7. The number of anilines is 1. The maximum atomic E-state index is 11.4. The van der Waals surface area contributed by atoms with E-state index in [-0.39, 0.29) is 18.9 Å². The maximum Gasteiger partial charge on any atom is 0.161 e. The highest BCUT2D eigenvalue weighted by molar-refractivity contribution is 6.30. The number of hydrogen-bond donors (Lipinski definition) is 2. The third-order valence-corrected chi connectivity index (χ3v) is 3.93. The van der Waals surface area contributed by atoms with E-state index >= 15 is 0 Å². The van der Waals surface area contributed by atoms with Gasteiger partial charge in [0.25, 0.3) is 0 Å². The number of aliphatic hydroxyl groups excluding tert-OH is 1. The Hall–Kier alpha value is -2.44. The summed E-state index contributed by atoms with van der Waals surface area (Å²) >= 11 is 5.98. The largest absolute Gasteiger partial charge is 0.495 e. The maximum absolute atomic E-state index is 11.4. The topological polar surface area (TPSA) is 77.0 Å². The number of benzene rings is 2. The van der Waals surface area contributed by atoms with Crippen molar-refractivity contribution in [3.05, 3.63) is 47.0 Å². The number of Topliss-reactive ketones (excluding diaryl/α,β-unsaturated/α-hetero) is 1. The summed E-state index contributed by atoms with van der Waals surface area (Å²) < 4.78 is 16.1. The van der Waals surface area contributed by atoms with Crippen molar-refractivity contribution < 1.29 is 24.1 Å². The predicted octanol–water partition coefficient (Wildman–Crippen LogP) is 3.41. The zero-order valence-electron chi connectivity index (χ0n) is 14.9. The van der Waals surface area contributed by atoms with Gasteiger partial charge in [-0.05, 0) is 43.3 Å². The van der Waals surface area contributed by atoms with E-state index in [0.717, 1.165) is 0 Å². The summed E-state index contributed by atoms with van der Waals surface area (Å²) in [5.41, 5.74) is 1.21. The molecule has 0 saturated heterocycles. The molecule has 140 valence electrons. The van der Waals surface area contributed by atoms with Crippen molar-refractivity contribution in [3.8, 4) is 17.2 Å². The van der Waals surface area contributed by atoms with Crippen LogP contribution in [0.5, 0.6) is 17.2 Å². The summed E-state index contributed by atoms with van der Waals surface area (Å²) in [4.78, 5) is 11.4. The summed E-state index contributed by atoms with van der Waals surface area (Å²) in [6.45, 7) is 1.77. The summed E-state index contributed by atoms with van der Waals surface area (Å²) in [5.74, 6) is 1.46. The molecular formula is C19H22ClNO5. The number of methoxy groups -OCH3 is 2. The van der Waals surface area contributed by atoms with Crippen molar-refractivity contribution in [3.63, 3.8) is 0 Å². The van der Waals surface area contributed by atoms with Gasteiger partial charge in [0.2, 0.25) is 0 Å². The standard InChI is InChI=1S/C19H22ClNO5/c1-12(22)13-4-6-18(19(8-13)25-3)26-11-15(23)10-21-16-9-14(20)5-7-17(16)24-2/h4-9,15,21,23H,10-11H2,1-3H3/t15-/m0/s1. The Morgan fingerprint density at radius 2 is 1.81 bits per heavy atom. The number of carbonyl (C=O) groups excluding carboxylic acids is 1. The van der Waals surface area contributed by atoms with E-state index in [1.165, 1.54) is 14.0 Å². The fraction of sp³-hybridized carbons (Fsp3) is 0.316. The second-order valence-corrected chi connectivity index (χ2v) is 6.05.